The Morgan fingerprint density at radius 2 is 2.29 bits per heavy atom. The fraction of sp³-hybridized carbons (Fsp3) is 0.200. The molecule has 1 amide bonds. The van der Waals surface area contributed by atoms with E-state index in [4.69, 9.17) is 4.74 Å². The molecule has 0 atom stereocenters. The maximum atomic E-state index is 11.0. The Morgan fingerprint density at radius 3 is 3.00 bits per heavy atom. The zero-order valence-electron chi connectivity index (χ0n) is 13.1. The second kappa shape index (κ2) is 7.45. The van der Waals surface area contributed by atoms with Gasteiger partial charge in [-0.15, -0.1) is 10.2 Å². The summed E-state index contributed by atoms with van der Waals surface area (Å²) in [4.78, 5) is 15.1. The number of thioether (sulfide) groups is 1. The lowest BCUT2D eigenvalue weighted by Gasteiger charge is -2.10. The van der Waals surface area contributed by atoms with Crippen molar-refractivity contribution in [1.29, 1.82) is 0 Å². The maximum absolute atomic E-state index is 11.0. The monoisotopic (exact) mass is 361 g/mol. The predicted molar refractivity (Wildman–Crippen MR) is 93.9 cm³/mol. The van der Waals surface area contributed by atoms with Gasteiger partial charge in [-0.1, -0.05) is 29.2 Å². The van der Waals surface area contributed by atoms with Crippen LogP contribution in [0.15, 0.2) is 41.3 Å². The Bertz CT molecular complexity index is 832. The third kappa shape index (κ3) is 3.92. The van der Waals surface area contributed by atoms with Crippen LogP contribution in [-0.2, 0) is 10.5 Å². The van der Waals surface area contributed by atoms with E-state index in [1.165, 1.54) is 18.3 Å². The number of hydrogen-bond acceptors (Lipinski definition) is 7. The van der Waals surface area contributed by atoms with Gasteiger partial charge in [0.1, 0.15) is 5.75 Å². The Labute approximate surface area is 147 Å². The fourth-order valence-corrected chi connectivity index (χ4v) is 3.82. The molecular formula is C15H15N5O2S2. The van der Waals surface area contributed by atoms with E-state index < -0.39 is 0 Å². The molecule has 2 heterocycles. The average molecular weight is 361 g/mol. The first kappa shape index (κ1) is 16.5. The van der Waals surface area contributed by atoms with Gasteiger partial charge in [-0.25, -0.2) is 4.98 Å². The minimum Gasteiger partial charge on any atom is -0.496 e. The summed E-state index contributed by atoms with van der Waals surface area (Å²) in [6, 6.07) is 6.01. The molecule has 1 aromatic carbocycles. The molecule has 0 radical (unpaired) electrons. The van der Waals surface area contributed by atoms with E-state index in [0.717, 1.165) is 21.3 Å². The molecule has 3 rings (SSSR count). The molecule has 2 aromatic heterocycles. The number of nitrogens with one attached hydrogen (secondary N) is 1. The number of methoxy groups -OCH3 is 1. The van der Waals surface area contributed by atoms with Gasteiger partial charge in [0, 0.05) is 36.7 Å². The van der Waals surface area contributed by atoms with E-state index >= 15 is 0 Å². The summed E-state index contributed by atoms with van der Waals surface area (Å²) in [5, 5.41) is 11.1. The summed E-state index contributed by atoms with van der Waals surface area (Å²) >= 11 is 2.90. The highest BCUT2D eigenvalue weighted by atomic mass is 32.2. The van der Waals surface area contributed by atoms with E-state index in [-0.39, 0.29) is 5.91 Å². The van der Waals surface area contributed by atoms with Crippen molar-refractivity contribution in [2.75, 3.05) is 12.4 Å². The zero-order chi connectivity index (χ0) is 16.9. The number of nitrogens with zero attached hydrogens (tertiary/aromatic N) is 4. The van der Waals surface area contributed by atoms with E-state index in [1.54, 1.807) is 31.4 Å². The number of benzene rings is 1. The van der Waals surface area contributed by atoms with Crippen molar-refractivity contribution in [3.8, 4) is 11.4 Å². The molecular weight excluding hydrogens is 346 g/mol. The van der Waals surface area contributed by atoms with Gasteiger partial charge in [-0.05, 0) is 6.07 Å². The summed E-state index contributed by atoms with van der Waals surface area (Å²) in [6.45, 7) is 1.45. The van der Waals surface area contributed by atoms with Crippen molar-refractivity contribution in [3.05, 3.63) is 42.5 Å². The van der Waals surface area contributed by atoms with Crippen LogP contribution < -0.4 is 10.1 Å². The van der Waals surface area contributed by atoms with Crippen LogP contribution in [0.2, 0.25) is 0 Å². The van der Waals surface area contributed by atoms with Crippen LogP contribution in [0.1, 0.15) is 12.5 Å². The summed E-state index contributed by atoms with van der Waals surface area (Å²) < 4.78 is 8.21. The molecule has 0 aliphatic heterocycles. The van der Waals surface area contributed by atoms with Gasteiger partial charge in [0.15, 0.2) is 4.34 Å². The number of imidazole rings is 1. The first-order chi connectivity index (χ1) is 11.7. The second-order valence-electron chi connectivity index (χ2n) is 4.81. The molecule has 0 aliphatic rings. The molecule has 7 nitrogen and oxygen atoms in total. The van der Waals surface area contributed by atoms with Crippen LogP contribution in [0.4, 0.5) is 5.13 Å². The van der Waals surface area contributed by atoms with Crippen molar-refractivity contribution < 1.29 is 9.53 Å². The Hall–Kier alpha value is -2.39. The van der Waals surface area contributed by atoms with Gasteiger partial charge in [0.05, 0.1) is 19.1 Å². The van der Waals surface area contributed by atoms with Crippen molar-refractivity contribution >= 4 is 34.1 Å². The number of aromatic nitrogens is 4. The molecule has 3 aromatic rings. The molecule has 0 saturated heterocycles. The predicted octanol–water partition coefficient (Wildman–Crippen LogP) is 2.98. The summed E-state index contributed by atoms with van der Waals surface area (Å²) in [5.41, 5.74) is 2.05. The van der Waals surface area contributed by atoms with Crippen molar-refractivity contribution in [1.82, 2.24) is 19.7 Å². The lowest BCUT2D eigenvalue weighted by molar-refractivity contribution is -0.114. The molecule has 124 valence electrons. The normalized spacial score (nSPS) is 10.6. The van der Waals surface area contributed by atoms with Crippen LogP contribution >= 0.6 is 23.1 Å². The largest absolute Gasteiger partial charge is 0.496 e. The highest BCUT2D eigenvalue weighted by molar-refractivity contribution is 8.00. The summed E-state index contributed by atoms with van der Waals surface area (Å²) in [7, 11) is 1.65. The van der Waals surface area contributed by atoms with E-state index in [0.29, 0.717) is 10.9 Å². The molecule has 0 bridgehead atoms. The Balaban J connectivity index is 1.70. The van der Waals surface area contributed by atoms with Crippen molar-refractivity contribution in [2.24, 2.45) is 0 Å². The number of anilines is 1. The van der Waals surface area contributed by atoms with Crippen molar-refractivity contribution in [2.45, 2.75) is 17.0 Å². The Morgan fingerprint density at radius 1 is 1.42 bits per heavy atom. The number of amides is 1. The third-order valence-corrected chi connectivity index (χ3v) is 5.13. The lowest BCUT2D eigenvalue weighted by atomic mass is 10.2. The van der Waals surface area contributed by atoms with Crippen LogP contribution in [0.5, 0.6) is 5.75 Å². The van der Waals surface area contributed by atoms with Gasteiger partial charge in [-0.2, -0.15) is 0 Å². The standard InChI is InChI=1S/C15H15N5O2S2/c1-10(21)17-14-18-19-15(24-14)23-8-11-3-4-12(7-13(11)22-2)20-6-5-16-9-20/h3-7,9H,8H2,1-2H3,(H,17,18,21). The number of rotatable bonds is 6. The molecule has 0 unspecified atom stereocenters. The van der Waals surface area contributed by atoms with Crippen LogP contribution in [0.3, 0.4) is 0 Å². The Kier molecular flexibility index (Phi) is 5.11. The molecule has 1 N–H and O–H groups in total. The van der Waals surface area contributed by atoms with E-state index in [9.17, 15) is 4.79 Å². The van der Waals surface area contributed by atoms with Gasteiger partial charge in [0.2, 0.25) is 11.0 Å². The average Bonchev–Trinajstić information content (AvgIpc) is 3.24. The second-order valence-corrected chi connectivity index (χ2v) is 7.01. The minimum atomic E-state index is -0.153. The van der Waals surface area contributed by atoms with Crippen molar-refractivity contribution in [3.63, 3.8) is 0 Å². The quantitative estimate of drug-likeness (QED) is 0.537. The molecule has 0 fully saturated rings. The molecule has 0 saturated carbocycles. The molecule has 24 heavy (non-hydrogen) atoms. The fourth-order valence-electron chi connectivity index (χ4n) is 2.03. The number of carbonyl (C=O) groups is 1. The highest BCUT2D eigenvalue weighted by Crippen LogP contribution is 2.32. The zero-order valence-corrected chi connectivity index (χ0v) is 14.7. The molecule has 0 spiro atoms. The maximum Gasteiger partial charge on any atom is 0.223 e. The SMILES string of the molecule is COc1cc(-n2ccnc2)ccc1CSc1nnc(NC(C)=O)s1. The summed E-state index contributed by atoms with van der Waals surface area (Å²) in [5.74, 6) is 1.35. The molecule has 0 aliphatic carbocycles. The summed E-state index contributed by atoms with van der Waals surface area (Å²) in [6.07, 6.45) is 5.36. The number of ether oxygens (including phenoxy) is 1. The molecule has 9 heteroatoms. The number of carbonyl (C=O) groups excluding carboxylic acids is 1. The van der Waals surface area contributed by atoms with Gasteiger partial charge in [0.25, 0.3) is 0 Å². The van der Waals surface area contributed by atoms with Crippen LogP contribution in [0.25, 0.3) is 5.69 Å². The number of hydrogen-bond donors (Lipinski definition) is 1. The van der Waals surface area contributed by atoms with Gasteiger partial charge < -0.3 is 14.6 Å². The first-order valence-corrected chi connectivity index (χ1v) is 8.85. The highest BCUT2D eigenvalue weighted by Gasteiger charge is 2.10. The van der Waals surface area contributed by atoms with Crippen LogP contribution in [0, 0.1) is 0 Å². The van der Waals surface area contributed by atoms with E-state index in [2.05, 4.69) is 20.5 Å². The third-order valence-electron chi connectivity index (χ3n) is 3.11. The van der Waals surface area contributed by atoms with Gasteiger partial charge in [-0.3, -0.25) is 4.79 Å². The minimum absolute atomic E-state index is 0.153. The topological polar surface area (TPSA) is 81.9 Å². The smallest absolute Gasteiger partial charge is 0.223 e. The lowest BCUT2D eigenvalue weighted by Crippen LogP contribution is -2.04. The van der Waals surface area contributed by atoms with Gasteiger partial charge >= 0.3 is 0 Å². The first-order valence-electron chi connectivity index (χ1n) is 7.05. The van der Waals surface area contributed by atoms with Crippen LogP contribution in [-0.4, -0.2) is 32.8 Å². The van der Waals surface area contributed by atoms with E-state index in [1.807, 2.05) is 29.0 Å².